The maximum absolute atomic E-state index is 11.9. The molecule has 0 spiro atoms. The first kappa shape index (κ1) is 13.5. The van der Waals surface area contributed by atoms with E-state index in [-0.39, 0.29) is 18.4 Å². The molecule has 18 heavy (non-hydrogen) atoms. The van der Waals surface area contributed by atoms with Crippen LogP contribution >= 0.6 is 0 Å². The second-order valence-corrected chi connectivity index (χ2v) is 6.53. The number of benzene rings is 1. The molecule has 0 saturated heterocycles. The molecule has 1 saturated carbocycles. The van der Waals surface area contributed by atoms with Gasteiger partial charge in [0.25, 0.3) is 0 Å². The zero-order valence-electron chi connectivity index (χ0n) is 10.5. The first-order chi connectivity index (χ1) is 8.62. The summed E-state index contributed by atoms with van der Waals surface area (Å²) in [6.07, 6.45) is 2.18. The van der Waals surface area contributed by atoms with Gasteiger partial charge in [-0.1, -0.05) is 30.3 Å². The molecule has 1 aliphatic carbocycles. The van der Waals surface area contributed by atoms with Crippen LogP contribution in [0.2, 0.25) is 0 Å². The van der Waals surface area contributed by atoms with Gasteiger partial charge >= 0.3 is 0 Å². The minimum absolute atomic E-state index is 0.0134. The highest BCUT2D eigenvalue weighted by Crippen LogP contribution is 2.41. The smallest absolute Gasteiger partial charge is 0.214 e. The Hall–Kier alpha value is -0.910. The van der Waals surface area contributed by atoms with Crippen molar-refractivity contribution in [1.82, 2.24) is 4.72 Å². The van der Waals surface area contributed by atoms with Crippen molar-refractivity contribution in [1.29, 1.82) is 0 Å². The van der Waals surface area contributed by atoms with Gasteiger partial charge in [-0.05, 0) is 24.3 Å². The highest BCUT2D eigenvalue weighted by atomic mass is 32.2. The summed E-state index contributed by atoms with van der Waals surface area (Å²) in [5, 5.41) is 0. The second-order valence-electron chi connectivity index (χ2n) is 4.66. The average Bonchev–Trinajstić information content (AvgIpc) is 3.19. The lowest BCUT2D eigenvalue weighted by atomic mass is 10.0. The number of hydrogen-bond acceptors (Lipinski definition) is 3. The van der Waals surface area contributed by atoms with Crippen LogP contribution in [0.5, 0.6) is 0 Å². The van der Waals surface area contributed by atoms with E-state index in [2.05, 4.69) is 4.72 Å². The predicted octanol–water partition coefficient (Wildman–Crippen LogP) is 1.70. The van der Waals surface area contributed by atoms with E-state index < -0.39 is 10.0 Å². The molecular formula is C13H19NO3S. The van der Waals surface area contributed by atoms with Crippen LogP contribution in [-0.4, -0.2) is 27.9 Å². The van der Waals surface area contributed by atoms with E-state index in [1.54, 1.807) is 0 Å². The van der Waals surface area contributed by atoms with E-state index in [1.165, 1.54) is 7.11 Å². The van der Waals surface area contributed by atoms with Crippen molar-refractivity contribution in [2.24, 2.45) is 5.92 Å². The Bertz CT molecular complexity index is 468. The summed E-state index contributed by atoms with van der Waals surface area (Å²) in [5.41, 5.74) is 1.04. The summed E-state index contributed by atoms with van der Waals surface area (Å²) in [7, 11) is -1.77. The van der Waals surface area contributed by atoms with Crippen LogP contribution in [0.25, 0.3) is 0 Å². The summed E-state index contributed by atoms with van der Waals surface area (Å²) in [4.78, 5) is 0. The van der Waals surface area contributed by atoms with Crippen LogP contribution in [0, 0.1) is 5.92 Å². The Labute approximate surface area is 108 Å². The van der Waals surface area contributed by atoms with Crippen LogP contribution in [0.1, 0.15) is 24.4 Å². The Morgan fingerprint density at radius 2 is 2.00 bits per heavy atom. The van der Waals surface area contributed by atoms with Gasteiger partial charge in [0.2, 0.25) is 10.0 Å². The molecule has 0 aromatic heterocycles. The van der Waals surface area contributed by atoms with E-state index in [4.69, 9.17) is 4.74 Å². The van der Waals surface area contributed by atoms with E-state index in [0.717, 1.165) is 18.4 Å². The van der Waals surface area contributed by atoms with Gasteiger partial charge in [0.15, 0.2) is 0 Å². The Morgan fingerprint density at radius 1 is 1.33 bits per heavy atom. The molecule has 0 bridgehead atoms. The van der Waals surface area contributed by atoms with Gasteiger partial charge < -0.3 is 4.74 Å². The van der Waals surface area contributed by atoms with Gasteiger partial charge in [0.05, 0.1) is 12.4 Å². The molecular weight excluding hydrogens is 250 g/mol. The molecule has 1 fully saturated rings. The molecule has 4 nitrogen and oxygen atoms in total. The summed E-state index contributed by atoms with van der Waals surface area (Å²) >= 11 is 0. The fourth-order valence-electron chi connectivity index (χ4n) is 1.97. The topological polar surface area (TPSA) is 55.4 Å². The van der Waals surface area contributed by atoms with Crippen molar-refractivity contribution >= 4 is 10.0 Å². The van der Waals surface area contributed by atoms with Crippen molar-refractivity contribution < 1.29 is 13.2 Å². The van der Waals surface area contributed by atoms with E-state index in [9.17, 15) is 8.42 Å². The van der Waals surface area contributed by atoms with Gasteiger partial charge in [-0.25, -0.2) is 13.1 Å². The minimum atomic E-state index is -3.27. The zero-order chi connectivity index (χ0) is 13.0. The zero-order valence-corrected chi connectivity index (χ0v) is 11.3. The van der Waals surface area contributed by atoms with Crippen molar-refractivity contribution in [2.45, 2.75) is 18.9 Å². The second kappa shape index (κ2) is 5.82. The first-order valence-corrected chi connectivity index (χ1v) is 7.81. The quantitative estimate of drug-likeness (QED) is 0.819. The van der Waals surface area contributed by atoms with Crippen LogP contribution in [0.3, 0.4) is 0 Å². The third kappa shape index (κ3) is 3.80. The molecule has 1 aliphatic rings. The lowest BCUT2D eigenvalue weighted by Crippen LogP contribution is -2.33. The molecule has 100 valence electrons. The van der Waals surface area contributed by atoms with E-state index in [1.807, 2.05) is 30.3 Å². The number of nitrogens with one attached hydrogen (secondary N) is 1. The molecule has 1 atom stereocenters. The molecule has 5 heteroatoms. The monoisotopic (exact) mass is 269 g/mol. The Morgan fingerprint density at radius 3 is 2.56 bits per heavy atom. The molecule has 0 heterocycles. The lowest BCUT2D eigenvalue weighted by Gasteiger charge is -2.18. The molecule has 0 aliphatic heterocycles. The third-order valence-corrected chi connectivity index (χ3v) is 4.43. The van der Waals surface area contributed by atoms with E-state index in [0.29, 0.717) is 5.92 Å². The molecule has 1 aromatic rings. The summed E-state index contributed by atoms with van der Waals surface area (Å²) in [6, 6.07) is 9.67. The SMILES string of the molecule is COCCS(=O)(=O)N[C@H](c1ccccc1)C1CC1. The Balaban J connectivity index is 2.08. The molecule has 0 amide bonds. The molecule has 2 rings (SSSR count). The maximum Gasteiger partial charge on any atom is 0.214 e. The fourth-order valence-corrected chi connectivity index (χ4v) is 3.19. The van der Waals surface area contributed by atoms with Gasteiger partial charge in [-0.2, -0.15) is 0 Å². The normalized spacial score (nSPS) is 17.6. The Kier molecular flexibility index (Phi) is 4.37. The molecule has 1 N–H and O–H groups in total. The highest BCUT2D eigenvalue weighted by Gasteiger charge is 2.34. The highest BCUT2D eigenvalue weighted by molar-refractivity contribution is 7.89. The fraction of sp³-hybridized carbons (Fsp3) is 0.538. The lowest BCUT2D eigenvalue weighted by molar-refractivity contribution is 0.216. The average molecular weight is 269 g/mol. The number of sulfonamides is 1. The largest absolute Gasteiger partial charge is 0.384 e. The summed E-state index contributed by atoms with van der Waals surface area (Å²) in [5.74, 6) is 0.448. The number of methoxy groups -OCH3 is 1. The third-order valence-electron chi connectivity index (χ3n) is 3.11. The standard InChI is InChI=1S/C13H19NO3S/c1-17-9-10-18(15,16)14-13(12-7-8-12)11-5-3-2-4-6-11/h2-6,12-14H,7-10H2,1H3/t13-/m1/s1. The summed E-state index contributed by atoms with van der Waals surface area (Å²) in [6.45, 7) is 0.224. The number of rotatable bonds is 7. The van der Waals surface area contributed by atoms with Gasteiger partial charge in [-0.3, -0.25) is 0 Å². The van der Waals surface area contributed by atoms with Crippen molar-refractivity contribution in [3.8, 4) is 0 Å². The van der Waals surface area contributed by atoms with Crippen LogP contribution in [0.4, 0.5) is 0 Å². The minimum Gasteiger partial charge on any atom is -0.384 e. The number of hydrogen-bond donors (Lipinski definition) is 1. The first-order valence-electron chi connectivity index (χ1n) is 6.16. The predicted molar refractivity (Wildman–Crippen MR) is 70.7 cm³/mol. The van der Waals surface area contributed by atoms with E-state index >= 15 is 0 Å². The van der Waals surface area contributed by atoms with Crippen LogP contribution < -0.4 is 4.72 Å². The van der Waals surface area contributed by atoms with Gasteiger partial charge in [0, 0.05) is 13.2 Å². The molecule has 0 radical (unpaired) electrons. The number of ether oxygens (including phenoxy) is 1. The molecule has 1 aromatic carbocycles. The van der Waals surface area contributed by atoms with Crippen LogP contribution in [0.15, 0.2) is 30.3 Å². The molecule has 0 unspecified atom stereocenters. The van der Waals surface area contributed by atoms with Crippen molar-refractivity contribution in [3.05, 3.63) is 35.9 Å². The van der Waals surface area contributed by atoms with Crippen molar-refractivity contribution in [2.75, 3.05) is 19.5 Å². The van der Waals surface area contributed by atoms with Gasteiger partial charge in [0.1, 0.15) is 0 Å². The van der Waals surface area contributed by atoms with Crippen LogP contribution in [-0.2, 0) is 14.8 Å². The van der Waals surface area contributed by atoms with Crippen molar-refractivity contribution in [3.63, 3.8) is 0 Å². The van der Waals surface area contributed by atoms with Gasteiger partial charge in [-0.15, -0.1) is 0 Å². The summed E-state index contributed by atoms with van der Waals surface area (Å²) < 4.78 is 31.4. The maximum atomic E-state index is 11.9.